The van der Waals surface area contributed by atoms with Crippen LogP contribution in [-0.2, 0) is 9.53 Å². The molecule has 1 aliphatic rings. The predicted octanol–water partition coefficient (Wildman–Crippen LogP) is 1.03. The van der Waals surface area contributed by atoms with Crippen molar-refractivity contribution in [3.8, 4) is 0 Å². The minimum Gasteiger partial charge on any atom is -0.384 e. The van der Waals surface area contributed by atoms with E-state index in [0.29, 0.717) is 0 Å². The number of hydrogen-bond acceptors (Lipinski definition) is 3. The molecule has 1 amide bonds. The molecule has 0 aromatic rings. The van der Waals surface area contributed by atoms with Gasteiger partial charge < -0.3 is 14.7 Å². The van der Waals surface area contributed by atoms with E-state index in [1.807, 2.05) is 0 Å². The molecule has 1 fully saturated rings. The van der Waals surface area contributed by atoms with E-state index in [4.69, 9.17) is 9.84 Å². The summed E-state index contributed by atoms with van der Waals surface area (Å²) in [5, 5.41) is 9.09. The number of carbonyl (C=O) groups is 1. The molecular weight excluding hydrogens is 232 g/mol. The highest BCUT2D eigenvalue weighted by molar-refractivity contribution is 5.80. The lowest BCUT2D eigenvalue weighted by molar-refractivity contribution is -0.191. The largest absolute Gasteiger partial charge is 0.384 e. The van der Waals surface area contributed by atoms with Gasteiger partial charge in [-0.15, -0.1) is 0 Å². The maximum absolute atomic E-state index is 13.7. The van der Waals surface area contributed by atoms with Gasteiger partial charge in [0.1, 0.15) is 12.2 Å². The first-order chi connectivity index (χ1) is 7.74. The Morgan fingerprint density at radius 1 is 1.47 bits per heavy atom. The smallest absolute Gasteiger partial charge is 0.290 e. The third-order valence-electron chi connectivity index (χ3n) is 2.64. The van der Waals surface area contributed by atoms with Gasteiger partial charge in [0, 0.05) is 6.54 Å². The van der Waals surface area contributed by atoms with E-state index < -0.39 is 30.6 Å². The Bertz CT molecular complexity index is 282. The molecule has 0 bridgehead atoms. The number of carbonyl (C=O) groups excluding carboxylic acids is 1. The molecular formula is C11H19F2NO3. The standard InChI is InChI=1S/C11H19F2NO3/c1-7(2)17-9-4-5-14(6-11(9,12)13)10(16)8(3)15/h7-9,15H,4-6H2,1-3H3/t8-,9+/m0/s1. The summed E-state index contributed by atoms with van der Waals surface area (Å²) in [6.45, 7) is 4.18. The highest BCUT2D eigenvalue weighted by atomic mass is 19.3. The fourth-order valence-electron chi connectivity index (χ4n) is 1.87. The van der Waals surface area contributed by atoms with Gasteiger partial charge in [0.15, 0.2) is 0 Å². The van der Waals surface area contributed by atoms with E-state index in [9.17, 15) is 13.6 Å². The Labute approximate surface area is 99.5 Å². The number of nitrogens with zero attached hydrogens (tertiary/aromatic N) is 1. The van der Waals surface area contributed by atoms with Gasteiger partial charge in [-0.05, 0) is 27.2 Å². The normalized spacial score (nSPS) is 26.1. The van der Waals surface area contributed by atoms with Crippen LogP contribution in [0.5, 0.6) is 0 Å². The second-order valence-electron chi connectivity index (χ2n) is 4.66. The Balaban J connectivity index is 2.65. The van der Waals surface area contributed by atoms with Gasteiger partial charge >= 0.3 is 0 Å². The molecule has 0 aromatic carbocycles. The number of ether oxygens (including phenoxy) is 1. The average Bonchev–Trinajstić information content (AvgIpc) is 2.18. The van der Waals surface area contributed by atoms with E-state index in [1.54, 1.807) is 13.8 Å². The van der Waals surface area contributed by atoms with Crippen molar-refractivity contribution in [3.05, 3.63) is 0 Å². The lowest BCUT2D eigenvalue weighted by Crippen LogP contribution is -2.56. The Hall–Kier alpha value is -0.750. The summed E-state index contributed by atoms with van der Waals surface area (Å²) in [5.74, 6) is -3.72. The molecule has 4 nitrogen and oxygen atoms in total. The van der Waals surface area contributed by atoms with Crippen molar-refractivity contribution in [2.75, 3.05) is 13.1 Å². The molecule has 6 heteroatoms. The van der Waals surface area contributed by atoms with E-state index in [0.717, 1.165) is 4.90 Å². The quantitative estimate of drug-likeness (QED) is 0.815. The Morgan fingerprint density at radius 3 is 2.47 bits per heavy atom. The first kappa shape index (κ1) is 14.3. The number of piperidine rings is 1. The van der Waals surface area contributed by atoms with E-state index >= 15 is 0 Å². The first-order valence-electron chi connectivity index (χ1n) is 5.74. The highest BCUT2D eigenvalue weighted by Crippen LogP contribution is 2.30. The monoisotopic (exact) mass is 251 g/mol. The fourth-order valence-corrected chi connectivity index (χ4v) is 1.87. The summed E-state index contributed by atoms with van der Waals surface area (Å²) in [6, 6.07) is 0. The second-order valence-corrected chi connectivity index (χ2v) is 4.66. The summed E-state index contributed by atoms with van der Waals surface area (Å²) in [6.07, 6.45) is -2.58. The molecule has 1 heterocycles. The summed E-state index contributed by atoms with van der Waals surface area (Å²) in [4.78, 5) is 12.4. The molecule has 0 radical (unpaired) electrons. The second kappa shape index (κ2) is 5.27. The highest BCUT2D eigenvalue weighted by Gasteiger charge is 2.47. The van der Waals surface area contributed by atoms with Gasteiger partial charge in [-0.2, -0.15) is 0 Å². The predicted molar refractivity (Wildman–Crippen MR) is 57.8 cm³/mol. The molecule has 0 unspecified atom stereocenters. The van der Waals surface area contributed by atoms with Crippen LogP contribution in [0.1, 0.15) is 27.2 Å². The number of aliphatic hydroxyl groups is 1. The zero-order valence-electron chi connectivity index (χ0n) is 10.3. The molecule has 1 rings (SSSR count). The molecule has 2 atom stereocenters. The fraction of sp³-hybridized carbons (Fsp3) is 0.909. The van der Waals surface area contributed by atoms with Crippen molar-refractivity contribution in [2.24, 2.45) is 0 Å². The lowest BCUT2D eigenvalue weighted by atomic mass is 10.0. The van der Waals surface area contributed by atoms with Gasteiger partial charge in [0.25, 0.3) is 11.8 Å². The van der Waals surface area contributed by atoms with Crippen LogP contribution >= 0.6 is 0 Å². The summed E-state index contributed by atoms with van der Waals surface area (Å²) in [7, 11) is 0. The number of rotatable bonds is 3. The van der Waals surface area contributed by atoms with Crippen molar-refractivity contribution in [3.63, 3.8) is 0 Å². The van der Waals surface area contributed by atoms with Gasteiger partial charge in [-0.3, -0.25) is 4.79 Å². The molecule has 0 saturated carbocycles. The Kier molecular flexibility index (Phi) is 4.43. The summed E-state index contributed by atoms with van der Waals surface area (Å²) >= 11 is 0. The lowest BCUT2D eigenvalue weighted by Gasteiger charge is -2.39. The molecule has 1 N–H and O–H groups in total. The average molecular weight is 251 g/mol. The van der Waals surface area contributed by atoms with Crippen molar-refractivity contribution in [1.82, 2.24) is 4.90 Å². The van der Waals surface area contributed by atoms with Gasteiger partial charge in [0.05, 0.1) is 12.6 Å². The molecule has 1 aliphatic heterocycles. The molecule has 17 heavy (non-hydrogen) atoms. The number of amides is 1. The van der Waals surface area contributed by atoms with Gasteiger partial charge in [0.2, 0.25) is 0 Å². The van der Waals surface area contributed by atoms with Crippen LogP contribution < -0.4 is 0 Å². The minimum absolute atomic E-state index is 0.0869. The molecule has 0 aliphatic carbocycles. The molecule has 1 saturated heterocycles. The Morgan fingerprint density at radius 2 is 2.06 bits per heavy atom. The first-order valence-corrected chi connectivity index (χ1v) is 5.74. The van der Waals surface area contributed by atoms with Crippen molar-refractivity contribution >= 4 is 5.91 Å². The maximum atomic E-state index is 13.7. The van der Waals surface area contributed by atoms with Crippen LogP contribution in [0, 0.1) is 0 Å². The topological polar surface area (TPSA) is 49.8 Å². The third kappa shape index (κ3) is 3.61. The number of likely N-dealkylation sites (tertiary alicyclic amines) is 1. The van der Waals surface area contributed by atoms with E-state index in [-0.39, 0.29) is 19.1 Å². The van der Waals surface area contributed by atoms with Gasteiger partial charge in [-0.1, -0.05) is 0 Å². The number of alkyl halides is 2. The van der Waals surface area contributed by atoms with E-state index in [2.05, 4.69) is 0 Å². The van der Waals surface area contributed by atoms with Crippen LogP contribution in [0.3, 0.4) is 0 Å². The summed E-state index contributed by atoms with van der Waals surface area (Å²) < 4.78 is 32.5. The number of halogens is 2. The van der Waals surface area contributed by atoms with Crippen LogP contribution in [0.2, 0.25) is 0 Å². The van der Waals surface area contributed by atoms with Crippen molar-refractivity contribution in [2.45, 2.75) is 51.4 Å². The molecule has 100 valence electrons. The van der Waals surface area contributed by atoms with Crippen molar-refractivity contribution < 1.29 is 23.4 Å². The van der Waals surface area contributed by atoms with Crippen molar-refractivity contribution in [1.29, 1.82) is 0 Å². The summed E-state index contributed by atoms with van der Waals surface area (Å²) in [5.41, 5.74) is 0. The minimum atomic E-state index is -3.06. The van der Waals surface area contributed by atoms with Crippen LogP contribution in [-0.4, -0.2) is 53.2 Å². The molecule has 0 spiro atoms. The van der Waals surface area contributed by atoms with E-state index in [1.165, 1.54) is 6.92 Å². The number of aliphatic hydroxyl groups excluding tert-OH is 1. The zero-order chi connectivity index (χ0) is 13.2. The zero-order valence-corrected chi connectivity index (χ0v) is 10.3. The van der Waals surface area contributed by atoms with Crippen LogP contribution in [0.4, 0.5) is 8.78 Å². The van der Waals surface area contributed by atoms with Crippen LogP contribution in [0.25, 0.3) is 0 Å². The molecule has 0 aromatic heterocycles. The SMILES string of the molecule is CC(C)O[C@@H]1CCN(C(=O)[C@H](C)O)CC1(F)F. The van der Waals surface area contributed by atoms with Crippen LogP contribution in [0.15, 0.2) is 0 Å². The third-order valence-corrected chi connectivity index (χ3v) is 2.64. The maximum Gasteiger partial charge on any atom is 0.290 e. The number of hydrogen-bond donors (Lipinski definition) is 1. The van der Waals surface area contributed by atoms with Gasteiger partial charge in [-0.25, -0.2) is 8.78 Å².